The molecule has 1 fully saturated rings. The molecular formula is C17H22N2O2S. The molecule has 1 atom stereocenters. The average molecular weight is 318 g/mol. The number of aliphatic hydroxyl groups excluding tert-OH is 1. The summed E-state index contributed by atoms with van der Waals surface area (Å²) in [7, 11) is 0. The van der Waals surface area contributed by atoms with E-state index in [9.17, 15) is 5.11 Å². The van der Waals surface area contributed by atoms with Crippen molar-refractivity contribution in [3.8, 4) is 10.6 Å². The summed E-state index contributed by atoms with van der Waals surface area (Å²) in [4.78, 5) is 8.04. The Bertz CT molecular complexity index is 624. The maximum Gasteiger partial charge on any atom is 0.123 e. The maximum absolute atomic E-state index is 9.26. The van der Waals surface area contributed by atoms with Gasteiger partial charge in [-0.05, 0) is 19.4 Å². The minimum atomic E-state index is 0.00926. The first kappa shape index (κ1) is 15.6. The fraction of sp³-hybridized carbons (Fsp3) is 0.471. The highest BCUT2D eigenvalue weighted by atomic mass is 32.1. The van der Waals surface area contributed by atoms with E-state index in [-0.39, 0.29) is 6.61 Å². The van der Waals surface area contributed by atoms with Crippen LogP contribution >= 0.6 is 11.3 Å². The van der Waals surface area contributed by atoms with Gasteiger partial charge < -0.3 is 9.84 Å². The van der Waals surface area contributed by atoms with Gasteiger partial charge in [0, 0.05) is 29.6 Å². The van der Waals surface area contributed by atoms with Crippen LogP contribution in [0.1, 0.15) is 23.1 Å². The van der Waals surface area contributed by atoms with Crippen molar-refractivity contribution in [3.05, 3.63) is 40.4 Å². The van der Waals surface area contributed by atoms with Gasteiger partial charge >= 0.3 is 0 Å². The topological polar surface area (TPSA) is 45.6 Å². The molecule has 1 saturated heterocycles. The Morgan fingerprint density at radius 3 is 2.77 bits per heavy atom. The Labute approximate surface area is 135 Å². The molecule has 2 heterocycles. The van der Waals surface area contributed by atoms with Gasteiger partial charge in [-0.1, -0.05) is 24.3 Å². The van der Waals surface area contributed by atoms with E-state index in [1.54, 1.807) is 11.3 Å². The number of aromatic nitrogens is 1. The molecule has 0 unspecified atom stereocenters. The minimum absolute atomic E-state index is 0.00926. The van der Waals surface area contributed by atoms with Crippen LogP contribution in [0.5, 0.6) is 0 Å². The van der Waals surface area contributed by atoms with Crippen molar-refractivity contribution in [3.63, 3.8) is 0 Å². The first-order valence-corrected chi connectivity index (χ1v) is 8.47. The van der Waals surface area contributed by atoms with E-state index in [2.05, 4.69) is 41.1 Å². The Morgan fingerprint density at radius 1 is 1.36 bits per heavy atom. The predicted molar refractivity (Wildman–Crippen MR) is 88.9 cm³/mol. The summed E-state index contributed by atoms with van der Waals surface area (Å²) in [5, 5.41) is 10.2. The number of thiazole rings is 1. The van der Waals surface area contributed by atoms with Crippen LogP contribution in [0.3, 0.4) is 0 Å². The van der Waals surface area contributed by atoms with Gasteiger partial charge in [0.05, 0.1) is 25.5 Å². The van der Waals surface area contributed by atoms with Crippen LogP contribution in [0.15, 0.2) is 24.3 Å². The summed E-state index contributed by atoms with van der Waals surface area (Å²) >= 11 is 1.64. The van der Waals surface area contributed by atoms with Crippen LogP contribution in [-0.4, -0.2) is 40.8 Å². The zero-order chi connectivity index (χ0) is 15.5. The van der Waals surface area contributed by atoms with Gasteiger partial charge in [0.25, 0.3) is 0 Å². The minimum Gasteiger partial charge on any atom is -0.390 e. The summed E-state index contributed by atoms with van der Waals surface area (Å²) in [5.74, 6) is 0. The van der Waals surface area contributed by atoms with Crippen LogP contribution < -0.4 is 0 Å². The van der Waals surface area contributed by atoms with Gasteiger partial charge in [-0.3, -0.25) is 4.90 Å². The molecule has 1 aromatic heterocycles. The number of rotatable bonds is 4. The Balaban J connectivity index is 1.71. The number of ether oxygens (including phenoxy) is 1. The molecule has 0 aliphatic carbocycles. The zero-order valence-electron chi connectivity index (χ0n) is 13.1. The van der Waals surface area contributed by atoms with E-state index in [0.29, 0.717) is 6.04 Å². The molecule has 0 bridgehead atoms. The van der Waals surface area contributed by atoms with Crippen molar-refractivity contribution < 1.29 is 9.84 Å². The van der Waals surface area contributed by atoms with E-state index in [1.165, 1.54) is 5.56 Å². The molecule has 1 aliphatic heterocycles. The lowest BCUT2D eigenvalue weighted by Crippen LogP contribution is -2.42. The lowest BCUT2D eigenvalue weighted by Gasteiger charge is -2.33. The second-order valence-electron chi connectivity index (χ2n) is 5.77. The molecule has 1 aromatic carbocycles. The van der Waals surface area contributed by atoms with E-state index < -0.39 is 0 Å². The fourth-order valence-electron chi connectivity index (χ4n) is 2.68. The third kappa shape index (κ3) is 3.38. The quantitative estimate of drug-likeness (QED) is 0.941. The van der Waals surface area contributed by atoms with E-state index in [0.717, 1.165) is 47.4 Å². The SMILES string of the molecule is Cc1sc(-c2ccc(CN3CCOC[C@H]3C)cc2)nc1CO. The lowest BCUT2D eigenvalue weighted by atomic mass is 10.1. The standard InChI is InChI=1S/C17H22N2O2S/c1-12-11-21-8-7-19(12)9-14-3-5-15(6-4-14)17-18-16(10-20)13(2)22-17/h3-6,12,20H,7-11H2,1-2H3/t12-/m1/s1. The van der Waals surface area contributed by atoms with Gasteiger partial charge in [-0.25, -0.2) is 4.98 Å². The molecule has 2 aromatic rings. The van der Waals surface area contributed by atoms with E-state index in [1.807, 2.05) is 6.92 Å². The zero-order valence-corrected chi connectivity index (χ0v) is 13.9. The normalized spacial score (nSPS) is 19.5. The molecular weight excluding hydrogens is 296 g/mol. The third-order valence-electron chi connectivity index (χ3n) is 4.13. The number of aliphatic hydroxyl groups is 1. The molecule has 0 amide bonds. The van der Waals surface area contributed by atoms with Crippen molar-refractivity contribution in [2.24, 2.45) is 0 Å². The maximum atomic E-state index is 9.26. The van der Waals surface area contributed by atoms with Gasteiger partial charge in [0.2, 0.25) is 0 Å². The predicted octanol–water partition coefficient (Wildman–Crippen LogP) is 2.83. The largest absolute Gasteiger partial charge is 0.390 e. The van der Waals surface area contributed by atoms with Crippen molar-refractivity contribution >= 4 is 11.3 Å². The van der Waals surface area contributed by atoms with E-state index in [4.69, 9.17) is 4.74 Å². The second-order valence-corrected chi connectivity index (χ2v) is 6.97. The highest BCUT2D eigenvalue weighted by molar-refractivity contribution is 7.15. The second kappa shape index (κ2) is 6.87. The van der Waals surface area contributed by atoms with Crippen molar-refractivity contribution in [2.45, 2.75) is 33.0 Å². The smallest absolute Gasteiger partial charge is 0.123 e. The Morgan fingerprint density at radius 2 is 2.14 bits per heavy atom. The number of nitrogens with zero attached hydrogens (tertiary/aromatic N) is 2. The number of hydrogen-bond donors (Lipinski definition) is 1. The molecule has 0 radical (unpaired) electrons. The molecule has 1 aliphatic rings. The summed E-state index contributed by atoms with van der Waals surface area (Å²) < 4.78 is 5.48. The highest BCUT2D eigenvalue weighted by Crippen LogP contribution is 2.28. The van der Waals surface area contributed by atoms with Crippen LogP contribution in [-0.2, 0) is 17.9 Å². The van der Waals surface area contributed by atoms with Crippen LogP contribution in [0.4, 0.5) is 0 Å². The monoisotopic (exact) mass is 318 g/mol. The molecule has 22 heavy (non-hydrogen) atoms. The first-order valence-electron chi connectivity index (χ1n) is 7.65. The molecule has 0 saturated carbocycles. The van der Waals surface area contributed by atoms with Crippen LogP contribution in [0, 0.1) is 6.92 Å². The van der Waals surface area contributed by atoms with Gasteiger partial charge in [0.15, 0.2) is 0 Å². The van der Waals surface area contributed by atoms with Crippen molar-refractivity contribution in [1.82, 2.24) is 9.88 Å². The van der Waals surface area contributed by atoms with Gasteiger partial charge in [0.1, 0.15) is 5.01 Å². The summed E-state index contributed by atoms with van der Waals surface area (Å²) in [6.45, 7) is 7.82. The van der Waals surface area contributed by atoms with Crippen molar-refractivity contribution in [2.75, 3.05) is 19.8 Å². The van der Waals surface area contributed by atoms with Gasteiger partial charge in [-0.2, -0.15) is 0 Å². The molecule has 4 nitrogen and oxygen atoms in total. The number of aryl methyl sites for hydroxylation is 1. The van der Waals surface area contributed by atoms with Crippen LogP contribution in [0.25, 0.3) is 10.6 Å². The van der Waals surface area contributed by atoms with Crippen LogP contribution in [0.2, 0.25) is 0 Å². The van der Waals surface area contributed by atoms with E-state index >= 15 is 0 Å². The first-order chi connectivity index (χ1) is 10.7. The number of benzene rings is 1. The summed E-state index contributed by atoms with van der Waals surface area (Å²) in [5.41, 5.74) is 3.21. The molecule has 1 N–H and O–H groups in total. The summed E-state index contributed by atoms with van der Waals surface area (Å²) in [6.07, 6.45) is 0. The molecule has 3 rings (SSSR count). The summed E-state index contributed by atoms with van der Waals surface area (Å²) in [6, 6.07) is 9.07. The lowest BCUT2D eigenvalue weighted by molar-refractivity contribution is -0.00436. The molecule has 0 spiro atoms. The number of hydrogen-bond acceptors (Lipinski definition) is 5. The average Bonchev–Trinajstić information content (AvgIpc) is 2.91. The number of morpholine rings is 1. The van der Waals surface area contributed by atoms with Gasteiger partial charge in [-0.15, -0.1) is 11.3 Å². The molecule has 118 valence electrons. The van der Waals surface area contributed by atoms with Crippen molar-refractivity contribution in [1.29, 1.82) is 0 Å². The Kier molecular flexibility index (Phi) is 4.88. The third-order valence-corrected chi connectivity index (χ3v) is 5.20. The highest BCUT2D eigenvalue weighted by Gasteiger charge is 2.18. The fourth-order valence-corrected chi connectivity index (χ4v) is 3.61. The Hall–Kier alpha value is -1.27. The molecule has 5 heteroatoms.